The van der Waals surface area contributed by atoms with Crippen LogP contribution >= 0.6 is 0 Å². The first kappa shape index (κ1) is 45.9. The van der Waals surface area contributed by atoms with Crippen LogP contribution in [0.15, 0.2) is 60.7 Å². The number of ether oxygens (including phenoxy) is 2. The molecule has 0 radical (unpaired) electrons. The monoisotopic (exact) mass is 771 g/mol. The standard InChI is InChI=1S/C40H58FN5O9/c1-39(2,3)54-37(52)42-24-16-14-22-30(36(50)51)44-33(47)29(21-13-15-23-41)43-34(48)31(25-27-17-9-7-10-18-27)45-35(49)32(26-28-19-11-8-12-20-28)46-38(53)55-40(4,5)6/h7-12,17-20,29-32H,13-16,21-26H2,1-6H3,(H,42,52)(H,43,48)(H,44,47)(H,45,49)(H,46,53)(H,50,51). The highest BCUT2D eigenvalue weighted by molar-refractivity contribution is 5.95. The first-order valence-electron chi connectivity index (χ1n) is 18.6. The lowest BCUT2D eigenvalue weighted by Gasteiger charge is -2.27. The number of nitrogens with one attached hydrogen (secondary N) is 5. The predicted molar refractivity (Wildman–Crippen MR) is 205 cm³/mol. The molecule has 6 N–H and O–H groups in total. The highest BCUT2D eigenvalue weighted by atomic mass is 19.1. The van der Waals surface area contributed by atoms with Crippen LogP contribution < -0.4 is 26.6 Å². The van der Waals surface area contributed by atoms with E-state index in [1.807, 2.05) is 6.07 Å². The second-order valence-electron chi connectivity index (χ2n) is 15.2. The fourth-order valence-corrected chi connectivity index (χ4v) is 5.33. The first-order valence-corrected chi connectivity index (χ1v) is 18.6. The summed E-state index contributed by atoms with van der Waals surface area (Å²) in [5.41, 5.74) is -0.0901. The van der Waals surface area contributed by atoms with Crippen molar-refractivity contribution < 1.29 is 47.7 Å². The second-order valence-corrected chi connectivity index (χ2v) is 15.2. The maximum absolute atomic E-state index is 14.0. The normalized spacial score (nSPS) is 13.6. The number of rotatable bonds is 21. The van der Waals surface area contributed by atoms with E-state index >= 15 is 0 Å². The largest absolute Gasteiger partial charge is 0.480 e. The summed E-state index contributed by atoms with van der Waals surface area (Å²) in [5, 5.41) is 23.0. The number of hydrogen-bond acceptors (Lipinski definition) is 8. The van der Waals surface area contributed by atoms with Gasteiger partial charge >= 0.3 is 18.2 Å². The molecule has 0 aliphatic rings. The van der Waals surface area contributed by atoms with Gasteiger partial charge in [0.1, 0.15) is 35.4 Å². The van der Waals surface area contributed by atoms with Crippen molar-refractivity contribution in [3.05, 3.63) is 71.8 Å². The fraction of sp³-hybridized carbons (Fsp3) is 0.550. The van der Waals surface area contributed by atoms with E-state index in [1.165, 1.54) is 0 Å². The molecule has 5 amide bonds. The molecule has 4 atom stereocenters. The van der Waals surface area contributed by atoms with Gasteiger partial charge in [-0.25, -0.2) is 14.4 Å². The zero-order chi connectivity index (χ0) is 41.0. The molecule has 304 valence electrons. The van der Waals surface area contributed by atoms with Crippen LogP contribution in [0.2, 0.25) is 0 Å². The number of aliphatic carboxylic acids is 1. The molecular weight excluding hydrogens is 713 g/mol. The second kappa shape index (κ2) is 22.9. The topological polar surface area (TPSA) is 201 Å². The Labute approximate surface area is 323 Å². The van der Waals surface area contributed by atoms with Crippen molar-refractivity contribution in [2.45, 2.75) is 128 Å². The Kier molecular flexibility index (Phi) is 19.1. The van der Waals surface area contributed by atoms with Gasteiger partial charge in [0, 0.05) is 19.4 Å². The Morgan fingerprint density at radius 3 is 1.49 bits per heavy atom. The Morgan fingerprint density at radius 1 is 0.582 bits per heavy atom. The molecule has 15 heteroatoms. The van der Waals surface area contributed by atoms with E-state index in [1.54, 1.807) is 96.1 Å². The van der Waals surface area contributed by atoms with Crippen LogP contribution in [0.4, 0.5) is 14.0 Å². The fourth-order valence-electron chi connectivity index (χ4n) is 5.33. The average molecular weight is 772 g/mol. The summed E-state index contributed by atoms with van der Waals surface area (Å²) in [6.45, 7) is 9.82. The zero-order valence-electron chi connectivity index (χ0n) is 32.7. The number of halogens is 1. The molecular formula is C40H58FN5O9. The summed E-state index contributed by atoms with van der Waals surface area (Å²) in [5.74, 6) is -3.51. The molecule has 0 saturated carbocycles. The third-order valence-corrected chi connectivity index (χ3v) is 7.92. The predicted octanol–water partition coefficient (Wildman–Crippen LogP) is 4.74. The molecule has 55 heavy (non-hydrogen) atoms. The molecule has 0 aliphatic carbocycles. The summed E-state index contributed by atoms with van der Waals surface area (Å²) in [6.07, 6.45) is -0.266. The van der Waals surface area contributed by atoms with E-state index in [0.29, 0.717) is 18.4 Å². The molecule has 2 aromatic carbocycles. The number of carboxylic acids is 1. The van der Waals surface area contributed by atoms with Gasteiger partial charge in [-0.1, -0.05) is 60.7 Å². The van der Waals surface area contributed by atoms with Crippen molar-refractivity contribution in [3.8, 4) is 0 Å². The quantitative estimate of drug-likeness (QED) is 0.0971. The van der Waals surface area contributed by atoms with Crippen molar-refractivity contribution in [1.29, 1.82) is 0 Å². The van der Waals surface area contributed by atoms with Gasteiger partial charge in [-0.15, -0.1) is 0 Å². The highest BCUT2D eigenvalue weighted by Gasteiger charge is 2.32. The Hall–Kier alpha value is -5.21. The van der Waals surface area contributed by atoms with Gasteiger partial charge < -0.3 is 41.2 Å². The maximum atomic E-state index is 14.0. The zero-order valence-corrected chi connectivity index (χ0v) is 32.7. The Bertz CT molecular complexity index is 1530. The SMILES string of the molecule is CC(C)(C)OC(=O)NCCCCC(NC(=O)C(CCCCF)NC(=O)C(Cc1ccccc1)NC(=O)C(Cc1ccccc1)NC(=O)OC(C)(C)C)C(=O)O. The third-order valence-electron chi connectivity index (χ3n) is 7.92. The average Bonchev–Trinajstić information content (AvgIpc) is 3.09. The number of alkyl carbamates (subject to hydrolysis) is 2. The molecule has 0 fully saturated rings. The molecule has 0 bridgehead atoms. The summed E-state index contributed by atoms with van der Waals surface area (Å²) < 4.78 is 23.7. The van der Waals surface area contributed by atoms with E-state index in [4.69, 9.17) is 9.47 Å². The lowest BCUT2D eigenvalue weighted by atomic mass is 10.0. The number of carboxylic acid groups (broad SMARTS) is 1. The molecule has 2 rings (SSSR count). The number of carbonyl (C=O) groups is 6. The third kappa shape index (κ3) is 19.6. The summed E-state index contributed by atoms with van der Waals surface area (Å²) in [4.78, 5) is 78.2. The van der Waals surface area contributed by atoms with E-state index in [-0.39, 0.29) is 45.1 Å². The van der Waals surface area contributed by atoms with Gasteiger partial charge in [0.25, 0.3) is 0 Å². The molecule has 4 unspecified atom stereocenters. The minimum absolute atomic E-state index is 0.00350. The van der Waals surface area contributed by atoms with Crippen LogP contribution in [-0.2, 0) is 41.5 Å². The van der Waals surface area contributed by atoms with Crippen LogP contribution in [-0.4, -0.2) is 89.6 Å². The lowest BCUT2D eigenvalue weighted by Crippen LogP contribution is -2.58. The minimum Gasteiger partial charge on any atom is -0.480 e. The van der Waals surface area contributed by atoms with E-state index in [9.17, 15) is 38.3 Å². The maximum Gasteiger partial charge on any atom is 0.408 e. The number of alkyl halides is 1. The number of benzene rings is 2. The molecule has 14 nitrogen and oxygen atoms in total. The lowest BCUT2D eigenvalue weighted by molar-refractivity contribution is -0.142. The van der Waals surface area contributed by atoms with Gasteiger partial charge in [0.2, 0.25) is 17.7 Å². The Balaban J connectivity index is 2.25. The van der Waals surface area contributed by atoms with E-state index < -0.39 is 77.9 Å². The number of hydrogen-bond donors (Lipinski definition) is 6. The van der Waals surface area contributed by atoms with Gasteiger partial charge in [-0.2, -0.15) is 0 Å². The molecule has 2 aromatic rings. The first-order chi connectivity index (χ1) is 25.9. The van der Waals surface area contributed by atoms with Crippen LogP contribution in [0.1, 0.15) is 91.2 Å². The van der Waals surface area contributed by atoms with Gasteiger partial charge in [0.05, 0.1) is 6.67 Å². The van der Waals surface area contributed by atoms with E-state index in [0.717, 1.165) is 5.56 Å². The van der Waals surface area contributed by atoms with Gasteiger partial charge in [0.15, 0.2) is 0 Å². The van der Waals surface area contributed by atoms with Crippen molar-refractivity contribution in [2.24, 2.45) is 0 Å². The molecule has 0 spiro atoms. The Morgan fingerprint density at radius 2 is 1.00 bits per heavy atom. The van der Waals surface area contributed by atoms with Crippen molar-refractivity contribution in [3.63, 3.8) is 0 Å². The van der Waals surface area contributed by atoms with Crippen LogP contribution in [0, 0.1) is 0 Å². The smallest absolute Gasteiger partial charge is 0.408 e. The molecule has 0 aliphatic heterocycles. The van der Waals surface area contributed by atoms with Crippen LogP contribution in [0.25, 0.3) is 0 Å². The summed E-state index contributed by atoms with van der Waals surface area (Å²) >= 11 is 0. The summed E-state index contributed by atoms with van der Waals surface area (Å²) in [7, 11) is 0. The molecule has 0 aromatic heterocycles. The van der Waals surface area contributed by atoms with Crippen molar-refractivity contribution >= 4 is 35.9 Å². The van der Waals surface area contributed by atoms with Gasteiger partial charge in [-0.05, 0) is 91.2 Å². The van der Waals surface area contributed by atoms with Gasteiger partial charge in [-0.3, -0.25) is 18.8 Å². The van der Waals surface area contributed by atoms with E-state index in [2.05, 4.69) is 26.6 Å². The minimum atomic E-state index is -1.31. The van der Waals surface area contributed by atoms with Crippen molar-refractivity contribution in [1.82, 2.24) is 26.6 Å². The van der Waals surface area contributed by atoms with Crippen LogP contribution in [0.3, 0.4) is 0 Å². The van der Waals surface area contributed by atoms with Crippen molar-refractivity contribution in [2.75, 3.05) is 13.2 Å². The van der Waals surface area contributed by atoms with Crippen LogP contribution in [0.5, 0.6) is 0 Å². The number of amides is 5. The molecule has 0 heterocycles. The highest BCUT2D eigenvalue weighted by Crippen LogP contribution is 2.12. The summed E-state index contributed by atoms with van der Waals surface area (Å²) in [6, 6.07) is 12.9. The molecule has 0 saturated heterocycles. The number of carbonyl (C=O) groups excluding carboxylic acids is 5. The number of unbranched alkanes of at least 4 members (excludes halogenated alkanes) is 2.